The molecular weight excluding hydrogens is 333 g/mol. The number of aromatic amines is 1. The molecule has 26 heavy (non-hydrogen) atoms. The van der Waals surface area contributed by atoms with Crippen LogP contribution < -0.4 is 9.47 Å². The number of rotatable bonds is 5. The van der Waals surface area contributed by atoms with Crippen LogP contribution in [0, 0.1) is 17.1 Å². The molecule has 0 amide bonds. The number of benzene rings is 2. The molecule has 2 aromatic carbocycles. The highest BCUT2D eigenvalue weighted by molar-refractivity contribution is 5.91. The largest absolute Gasteiger partial charge is 0.493 e. The van der Waals surface area contributed by atoms with Crippen molar-refractivity contribution < 1.29 is 13.9 Å². The van der Waals surface area contributed by atoms with Gasteiger partial charge in [-0.15, -0.1) is 0 Å². The van der Waals surface area contributed by atoms with E-state index in [2.05, 4.69) is 16.0 Å². The van der Waals surface area contributed by atoms with Crippen molar-refractivity contribution >= 4 is 22.7 Å². The van der Waals surface area contributed by atoms with E-state index in [9.17, 15) is 9.65 Å². The van der Waals surface area contributed by atoms with Gasteiger partial charge in [-0.2, -0.15) is 5.26 Å². The molecule has 0 atom stereocenters. The molecule has 3 rings (SSSR count). The molecule has 0 saturated carbocycles. The number of aromatic nitrogens is 2. The summed E-state index contributed by atoms with van der Waals surface area (Å²) < 4.78 is 24.6. The second kappa shape index (κ2) is 7.28. The zero-order valence-corrected chi connectivity index (χ0v) is 14.7. The van der Waals surface area contributed by atoms with Crippen LogP contribution in [0.4, 0.5) is 4.39 Å². The zero-order valence-electron chi connectivity index (χ0n) is 14.7. The number of fused-ring (bicyclic) bond motifs is 1. The number of imidazole rings is 1. The van der Waals surface area contributed by atoms with E-state index in [0.717, 1.165) is 0 Å². The van der Waals surface area contributed by atoms with Crippen LogP contribution in [-0.2, 0) is 0 Å². The van der Waals surface area contributed by atoms with E-state index in [0.29, 0.717) is 39.5 Å². The summed E-state index contributed by atoms with van der Waals surface area (Å²) in [5.41, 5.74) is 2.13. The third kappa shape index (κ3) is 3.52. The Morgan fingerprint density at radius 1 is 1.31 bits per heavy atom. The molecule has 5 nitrogen and oxygen atoms in total. The number of ether oxygens (including phenoxy) is 2. The smallest absolute Gasteiger partial charge is 0.168 e. The molecule has 132 valence electrons. The van der Waals surface area contributed by atoms with Gasteiger partial charge < -0.3 is 14.5 Å². The molecule has 0 aliphatic heterocycles. The Morgan fingerprint density at radius 2 is 2.12 bits per heavy atom. The average Bonchev–Trinajstić information content (AvgIpc) is 3.03. The highest BCUT2D eigenvalue weighted by atomic mass is 19.1. The minimum Gasteiger partial charge on any atom is -0.493 e. The highest BCUT2D eigenvalue weighted by Crippen LogP contribution is 2.34. The number of halogens is 1. The molecule has 0 aliphatic carbocycles. The quantitative estimate of drug-likeness (QED) is 0.684. The number of allylic oxidation sites excluding steroid dienone is 1. The van der Waals surface area contributed by atoms with E-state index in [-0.39, 0.29) is 11.9 Å². The van der Waals surface area contributed by atoms with Crippen LogP contribution >= 0.6 is 0 Å². The van der Waals surface area contributed by atoms with Gasteiger partial charge in [-0.25, -0.2) is 9.37 Å². The van der Waals surface area contributed by atoms with Crippen LogP contribution in [0.15, 0.2) is 36.4 Å². The Bertz CT molecular complexity index is 1020. The van der Waals surface area contributed by atoms with Crippen molar-refractivity contribution in [1.29, 1.82) is 5.26 Å². The minimum atomic E-state index is -0.365. The predicted molar refractivity (Wildman–Crippen MR) is 98.3 cm³/mol. The number of H-pyrrole nitrogens is 1. The number of nitriles is 1. The van der Waals surface area contributed by atoms with E-state index >= 15 is 0 Å². The van der Waals surface area contributed by atoms with Gasteiger partial charge in [0.15, 0.2) is 11.5 Å². The van der Waals surface area contributed by atoms with Crippen molar-refractivity contribution in [2.75, 3.05) is 7.11 Å². The highest BCUT2D eigenvalue weighted by Gasteiger charge is 2.14. The molecule has 0 unspecified atom stereocenters. The van der Waals surface area contributed by atoms with Crippen LogP contribution in [0.25, 0.3) is 22.7 Å². The molecule has 6 heteroatoms. The lowest BCUT2D eigenvalue weighted by Gasteiger charge is -2.16. The molecule has 1 N–H and O–H groups in total. The van der Waals surface area contributed by atoms with Gasteiger partial charge in [-0.05, 0) is 44.2 Å². The van der Waals surface area contributed by atoms with Gasteiger partial charge in [-0.3, -0.25) is 0 Å². The molecule has 0 spiro atoms. The van der Waals surface area contributed by atoms with Crippen LogP contribution in [0.1, 0.15) is 25.2 Å². The van der Waals surface area contributed by atoms with Crippen LogP contribution in [-0.4, -0.2) is 23.2 Å². The molecule has 0 bridgehead atoms. The Labute approximate surface area is 150 Å². The first-order valence-corrected chi connectivity index (χ1v) is 8.13. The summed E-state index contributed by atoms with van der Waals surface area (Å²) in [5, 5.41) is 9.60. The minimum absolute atomic E-state index is 0.0573. The Balaban J connectivity index is 2.10. The van der Waals surface area contributed by atoms with Crippen molar-refractivity contribution in [3.05, 3.63) is 53.6 Å². The second-order valence-corrected chi connectivity index (χ2v) is 5.96. The fraction of sp³-hybridized carbons (Fsp3) is 0.200. The maximum absolute atomic E-state index is 13.4. The second-order valence-electron chi connectivity index (χ2n) is 5.96. The normalized spacial score (nSPS) is 11.6. The van der Waals surface area contributed by atoms with Crippen LogP contribution in [0.2, 0.25) is 0 Å². The van der Waals surface area contributed by atoms with Gasteiger partial charge in [0.1, 0.15) is 17.7 Å². The Hall–Kier alpha value is -3.33. The van der Waals surface area contributed by atoms with Gasteiger partial charge in [0.2, 0.25) is 0 Å². The summed E-state index contributed by atoms with van der Waals surface area (Å²) in [6.45, 7) is 3.83. The number of methoxy groups -OCH3 is 1. The van der Waals surface area contributed by atoms with Gasteiger partial charge in [0.05, 0.1) is 29.8 Å². The summed E-state index contributed by atoms with van der Waals surface area (Å²) in [6.07, 6.45) is 1.62. The van der Waals surface area contributed by atoms with E-state index in [4.69, 9.17) is 9.47 Å². The van der Waals surface area contributed by atoms with E-state index in [1.807, 2.05) is 26.0 Å². The summed E-state index contributed by atoms with van der Waals surface area (Å²) in [5.74, 6) is 1.14. The number of nitrogens with zero attached hydrogens (tertiary/aromatic N) is 2. The third-order valence-electron chi connectivity index (χ3n) is 3.70. The number of para-hydroxylation sites is 1. The van der Waals surface area contributed by atoms with Gasteiger partial charge in [-0.1, -0.05) is 12.1 Å². The fourth-order valence-corrected chi connectivity index (χ4v) is 2.59. The molecule has 0 saturated heterocycles. The Kier molecular flexibility index (Phi) is 4.90. The summed E-state index contributed by atoms with van der Waals surface area (Å²) in [4.78, 5) is 7.35. The van der Waals surface area contributed by atoms with Crippen LogP contribution in [0.3, 0.4) is 0 Å². The maximum atomic E-state index is 13.4. The van der Waals surface area contributed by atoms with E-state index in [1.165, 1.54) is 12.1 Å². The van der Waals surface area contributed by atoms with Gasteiger partial charge >= 0.3 is 0 Å². The Morgan fingerprint density at radius 3 is 2.81 bits per heavy atom. The third-order valence-corrected chi connectivity index (χ3v) is 3.70. The molecular formula is C20H18FN3O2. The van der Waals surface area contributed by atoms with Crippen molar-refractivity contribution in [3.8, 4) is 17.6 Å². The summed E-state index contributed by atoms with van der Waals surface area (Å²) in [6, 6.07) is 11.8. The van der Waals surface area contributed by atoms with E-state index < -0.39 is 0 Å². The van der Waals surface area contributed by atoms with Gasteiger partial charge in [0, 0.05) is 5.56 Å². The SMILES string of the molecule is COc1cccc(/C=C(/C#N)c2nc3ccc(F)cc3[nH]2)c1OC(C)C. The summed E-state index contributed by atoms with van der Waals surface area (Å²) in [7, 11) is 1.56. The van der Waals surface area contributed by atoms with E-state index in [1.54, 1.807) is 25.3 Å². The summed E-state index contributed by atoms with van der Waals surface area (Å²) >= 11 is 0. The maximum Gasteiger partial charge on any atom is 0.168 e. The standard InChI is InChI=1S/C20H18FN3O2/c1-12(2)26-19-13(5-4-6-18(19)25-3)9-14(11-22)20-23-16-8-7-15(21)10-17(16)24-20/h4-10,12H,1-3H3,(H,23,24)/b14-9-. The van der Waals surface area contributed by atoms with Crippen molar-refractivity contribution in [3.63, 3.8) is 0 Å². The average molecular weight is 351 g/mol. The first kappa shape index (κ1) is 17.5. The predicted octanol–water partition coefficient (Wildman–Crippen LogP) is 4.56. The molecule has 1 aromatic heterocycles. The van der Waals surface area contributed by atoms with Crippen molar-refractivity contribution in [2.45, 2.75) is 20.0 Å². The monoisotopic (exact) mass is 351 g/mol. The van der Waals surface area contributed by atoms with Crippen molar-refractivity contribution in [1.82, 2.24) is 9.97 Å². The molecule has 1 heterocycles. The topological polar surface area (TPSA) is 70.9 Å². The zero-order chi connectivity index (χ0) is 18.7. The lowest BCUT2D eigenvalue weighted by atomic mass is 10.1. The molecule has 0 aliphatic rings. The fourth-order valence-electron chi connectivity index (χ4n) is 2.59. The first-order valence-electron chi connectivity index (χ1n) is 8.13. The molecule has 0 fully saturated rings. The molecule has 0 radical (unpaired) electrons. The first-order chi connectivity index (χ1) is 12.5. The number of hydrogen-bond donors (Lipinski definition) is 1. The number of nitrogens with one attached hydrogen (secondary N) is 1. The number of hydrogen-bond acceptors (Lipinski definition) is 4. The lowest BCUT2D eigenvalue weighted by Crippen LogP contribution is -2.08. The van der Waals surface area contributed by atoms with Gasteiger partial charge in [0.25, 0.3) is 0 Å². The van der Waals surface area contributed by atoms with Crippen LogP contribution in [0.5, 0.6) is 11.5 Å². The lowest BCUT2D eigenvalue weighted by molar-refractivity contribution is 0.229. The molecule has 3 aromatic rings. The van der Waals surface area contributed by atoms with Crippen molar-refractivity contribution in [2.24, 2.45) is 0 Å².